The van der Waals surface area contributed by atoms with Gasteiger partial charge in [0.05, 0.1) is 17.7 Å². The highest BCUT2D eigenvalue weighted by atomic mass is 32.1. The lowest BCUT2D eigenvalue weighted by Gasteiger charge is -2.13. The van der Waals surface area contributed by atoms with E-state index in [4.69, 9.17) is 12.2 Å². The van der Waals surface area contributed by atoms with Crippen molar-refractivity contribution in [3.05, 3.63) is 95.1 Å². The van der Waals surface area contributed by atoms with Crippen LogP contribution in [0, 0.1) is 0 Å². The van der Waals surface area contributed by atoms with Crippen molar-refractivity contribution in [3.8, 4) is 11.4 Å². The van der Waals surface area contributed by atoms with Crippen LogP contribution >= 0.6 is 12.2 Å². The number of alkyl halides is 3. The molecule has 0 saturated carbocycles. The topological polar surface area (TPSA) is 52.3 Å². The minimum absolute atomic E-state index is 0.294. The first kappa shape index (κ1) is 27.5. The van der Waals surface area contributed by atoms with Crippen LogP contribution in [0.4, 0.5) is 13.2 Å². The molecule has 0 unspecified atom stereocenters. The fourth-order valence-corrected chi connectivity index (χ4v) is 5.10. The zero-order valence-electron chi connectivity index (χ0n) is 22.1. The van der Waals surface area contributed by atoms with Gasteiger partial charge in [-0.05, 0) is 76.9 Å². The second-order valence-corrected chi connectivity index (χ2v) is 9.98. The van der Waals surface area contributed by atoms with Gasteiger partial charge in [0, 0.05) is 22.9 Å². The third-order valence-electron chi connectivity index (χ3n) is 6.79. The number of aliphatic imine (C=N–C) groups is 1. The van der Waals surface area contributed by atoms with Crippen LogP contribution in [0.5, 0.6) is 5.75 Å². The number of halogens is 3. The smallest absolute Gasteiger partial charge is 0.406 e. The van der Waals surface area contributed by atoms with Crippen molar-refractivity contribution in [2.75, 3.05) is 6.54 Å². The Morgan fingerprint density at radius 2 is 1.70 bits per heavy atom. The molecule has 5 rings (SSSR count). The summed E-state index contributed by atoms with van der Waals surface area (Å²) in [5, 5.41) is 10.5. The molecule has 204 valence electrons. The van der Waals surface area contributed by atoms with Gasteiger partial charge in [-0.25, -0.2) is 4.68 Å². The zero-order valence-corrected chi connectivity index (χ0v) is 22.9. The highest BCUT2D eigenvalue weighted by Crippen LogP contribution is 2.28. The molecule has 0 bridgehead atoms. The van der Waals surface area contributed by atoms with Crippen molar-refractivity contribution in [2.24, 2.45) is 4.99 Å². The lowest BCUT2D eigenvalue weighted by atomic mass is 9.94. The fourth-order valence-electron chi connectivity index (χ4n) is 4.88. The van der Waals surface area contributed by atoms with Gasteiger partial charge < -0.3 is 4.74 Å². The number of rotatable bonds is 9. The molecular weight excluding hydrogens is 533 g/mol. The SMILES string of the molecule is CCc1cccc(CC)c1CC(=S)CN=Cc1ccc2c(ccc3c2nnn3-c2ccc(OC(F)(F)F)cc2)c1. The minimum atomic E-state index is -4.74. The van der Waals surface area contributed by atoms with Crippen LogP contribution in [0.2, 0.25) is 0 Å². The molecule has 1 heterocycles. The first-order chi connectivity index (χ1) is 19.3. The molecule has 0 saturated heterocycles. The molecule has 0 aliphatic carbocycles. The average Bonchev–Trinajstić information content (AvgIpc) is 3.37. The Morgan fingerprint density at radius 3 is 2.38 bits per heavy atom. The number of aryl methyl sites for hydroxylation is 2. The number of benzene rings is 4. The normalized spacial score (nSPS) is 12.0. The van der Waals surface area contributed by atoms with E-state index in [2.05, 4.69) is 52.1 Å². The molecule has 40 heavy (non-hydrogen) atoms. The van der Waals surface area contributed by atoms with Crippen LogP contribution in [0.15, 0.2) is 77.8 Å². The van der Waals surface area contributed by atoms with Crippen molar-refractivity contribution in [1.29, 1.82) is 0 Å². The molecule has 5 nitrogen and oxygen atoms in total. The maximum absolute atomic E-state index is 12.5. The zero-order chi connectivity index (χ0) is 28.3. The Kier molecular flexibility index (Phi) is 7.93. The van der Waals surface area contributed by atoms with Gasteiger partial charge in [0.2, 0.25) is 0 Å². The van der Waals surface area contributed by atoms with E-state index in [-0.39, 0.29) is 5.75 Å². The van der Waals surface area contributed by atoms with Gasteiger partial charge in [-0.1, -0.05) is 67.7 Å². The van der Waals surface area contributed by atoms with E-state index in [1.807, 2.05) is 36.5 Å². The third kappa shape index (κ3) is 6.04. The number of aromatic nitrogens is 3. The van der Waals surface area contributed by atoms with Crippen LogP contribution in [0.3, 0.4) is 0 Å². The Bertz CT molecular complexity index is 1690. The molecule has 0 aliphatic heterocycles. The summed E-state index contributed by atoms with van der Waals surface area (Å²) in [6, 6.07) is 21.8. The molecule has 0 fully saturated rings. The number of hydrogen-bond acceptors (Lipinski definition) is 5. The molecule has 0 radical (unpaired) electrons. The van der Waals surface area contributed by atoms with Crippen molar-refractivity contribution >= 4 is 45.1 Å². The number of ether oxygens (including phenoxy) is 1. The molecule has 4 aromatic carbocycles. The number of nitrogens with zero attached hydrogens (tertiary/aromatic N) is 4. The molecule has 0 N–H and O–H groups in total. The summed E-state index contributed by atoms with van der Waals surface area (Å²) in [7, 11) is 0. The quantitative estimate of drug-likeness (QED) is 0.137. The summed E-state index contributed by atoms with van der Waals surface area (Å²) >= 11 is 5.68. The molecular formula is C31H27F3N4OS. The largest absolute Gasteiger partial charge is 0.573 e. The molecule has 0 atom stereocenters. The summed E-state index contributed by atoms with van der Waals surface area (Å²) in [6.45, 7) is 4.82. The molecule has 5 aromatic rings. The van der Waals surface area contributed by atoms with Crippen LogP contribution in [0.25, 0.3) is 27.5 Å². The highest BCUT2D eigenvalue weighted by molar-refractivity contribution is 7.80. The maximum Gasteiger partial charge on any atom is 0.573 e. The van der Waals surface area contributed by atoms with E-state index in [1.54, 1.807) is 4.68 Å². The first-order valence-corrected chi connectivity index (χ1v) is 13.4. The lowest BCUT2D eigenvalue weighted by molar-refractivity contribution is -0.274. The third-order valence-corrected chi connectivity index (χ3v) is 7.06. The molecule has 0 amide bonds. The Hall–Kier alpha value is -4.11. The van der Waals surface area contributed by atoms with Crippen molar-refractivity contribution in [2.45, 2.75) is 39.5 Å². The van der Waals surface area contributed by atoms with E-state index in [0.717, 1.165) is 46.0 Å². The van der Waals surface area contributed by atoms with Gasteiger partial charge in [-0.2, -0.15) is 0 Å². The van der Waals surface area contributed by atoms with E-state index in [0.29, 0.717) is 17.7 Å². The van der Waals surface area contributed by atoms with Gasteiger partial charge >= 0.3 is 6.36 Å². The van der Waals surface area contributed by atoms with E-state index >= 15 is 0 Å². The van der Waals surface area contributed by atoms with Gasteiger partial charge in [-0.15, -0.1) is 18.3 Å². The molecule has 0 aliphatic rings. The predicted octanol–water partition coefficient (Wildman–Crippen LogP) is 7.63. The van der Waals surface area contributed by atoms with Crippen LogP contribution in [0.1, 0.15) is 36.1 Å². The second-order valence-electron chi connectivity index (χ2n) is 9.40. The van der Waals surface area contributed by atoms with Gasteiger partial charge in [0.15, 0.2) is 0 Å². The summed E-state index contributed by atoms with van der Waals surface area (Å²) in [5.41, 5.74) is 6.98. The van der Waals surface area contributed by atoms with Gasteiger partial charge in [-0.3, -0.25) is 4.99 Å². The summed E-state index contributed by atoms with van der Waals surface area (Å²) in [6.07, 6.45) is -0.185. The predicted molar refractivity (Wildman–Crippen MR) is 157 cm³/mol. The molecule has 9 heteroatoms. The Balaban J connectivity index is 1.31. The number of fused-ring (bicyclic) bond motifs is 3. The highest BCUT2D eigenvalue weighted by Gasteiger charge is 2.31. The first-order valence-electron chi connectivity index (χ1n) is 13.0. The van der Waals surface area contributed by atoms with Crippen LogP contribution < -0.4 is 4.74 Å². The van der Waals surface area contributed by atoms with Crippen LogP contribution in [-0.4, -0.2) is 39.0 Å². The van der Waals surface area contributed by atoms with Gasteiger partial charge in [0.25, 0.3) is 0 Å². The summed E-state index contributed by atoms with van der Waals surface area (Å²) < 4.78 is 43.0. The Labute approximate surface area is 235 Å². The van der Waals surface area contributed by atoms with E-state index in [1.165, 1.54) is 41.0 Å². The minimum Gasteiger partial charge on any atom is -0.406 e. The summed E-state index contributed by atoms with van der Waals surface area (Å²) in [5.74, 6) is -0.294. The van der Waals surface area contributed by atoms with Crippen molar-refractivity contribution < 1.29 is 17.9 Å². The number of thiocarbonyl (C=S) groups is 1. The lowest BCUT2D eigenvalue weighted by Crippen LogP contribution is -2.17. The van der Waals surface area contributed by atoms with E-state index < -0.39 is 6.36 Å². The van der Waals surface area contributed by atoms with Crippen molar-refractivity contribution in [3.63, 3.8) is 0 Å². The Morgan fingerprint density at radius 1 is 0.975 bits per heavy atom. The molecule has 1 aromatic heterocycles. The standard InChI is InChI=1S/C31H27F3N4OS/c1-3-21-6-5-7-22(4-2)28(21)17-26(40)19-35-18-20-8-14-27-23(16-20)9-15-29-30(27)36-37-38(29)24-10-12-25(13-11-24)39-31(32,33)34/h5-16,18H,3-4,17,19H2,1-2H3. The van der Waals surface area contributed by atoms with E-state index in [9.17, 15) is 13.2 Å². The van der Waals surface area contributed by atoms with Crippen molar-refractivity contribution in [1.82, 2.24) is 15.0 Å². The molecule has 0 spiro atoms. The fraction of sp³-hybridized carbons (Fsp3) is 0.226. The summed E-state index contributed by atoms with van der Waals surface area (Å²) in [4.78, 5) is 5.52. The maximum atomic E-state index is 12.5. The average molecular weight is 561 g/mol. The monoisotopic (exact) mass is 560 g/mol. The number of hydrogen-bond donors (Lipinski definition) is 0. The van der Waals surface area contributed by atoms with Crippen LogP contribution in [-0.2, 0) is 19.3 Å². The van der Waals surface area contributed by atoms with Gasteiger partial charge in [0.1, 0.15) is 11.3 Å². The second kappa shape index (κ2) is 11.6.